The van der Waals surface area contributed by atoms with Crippen molar-refractivity contribution in [1.82, 2.24) is 9.55 Å². The lowest BCUT2D eigenvalue weighted by Crippen LogP contribution is -2.38. The molecule has 0 aliphatic carbocycles. The molecule has 1 fully saturated rings. The number of halogens is 1. The molecule has 132 valence electrons. The maximum atomic E-state index is 12.8. The summed E-state index contributed by atoms with van der Waals surface area (Å²) in [5.74, 6) is -0.502. The molecular formula is C19H16ClN3O3. The van der Waals surface area contributed by atoms with Crippen LogP contribution in [0, 0.1) is 0 Å². The lowest BCUT2D eigenvalue weighted by molar-refractivity contribution is -0.138. The van der Waals surface area contributed by atoms with E-state index in [4.69, 9.17) is 11.6 Å². The summed E-state index contributed by atoms with van der Waals surface area (Å²) in [6, 6.07) is 13.7. The van der Waals surface area contributed by atoms with Gasteiger partial charge in [0.15, 0.2) is 0 Å². The second kappa shape index (κ2) is 6.46. The van der Waals surface area contributed by atoms with E-state index in [2.05, 4.69) is 4.98 Å². The van der Waals surface area contributed by atoms with E-state index in [9.17, 15) is 14.7 Å². The van der Waals surface area contributed by atoms with Crippen molar-refractivity contribution in [1.29, 1.82) is 0 Å². The molecule has 1 aliphatic rings. The van der Waals surface area contributed by atoms with Gasteiger partial charge < -0.3 is 10.0 Å². The van der Waals surface area contributed by atoms with Crippen LogP contribution in [-0.2, 0) is 4.79 Å². The third-order valence-electron chi connectivity index (χ3n) is 4.66. The molecule has 3 aromatic rings. The van der Waals surface area contributed by atoms with E-state index in [0.29, 0.717) is 40.4 Å². The largest absolute Gasteiger partial charge is 0.480 e. The van der Waals surface area contributed by atoms with Gasteiger partial charge in [-0.15, -0.1) is 0 Å². The van der Waals surface area contributed by atoms with Gasteiger partial charge in [0.05, 0.1) is 11.2 Å². The van der Waals surface area contributed by atoms with Crippen LogP contribution in [0.25, 0.3) is 16.6 Å². The highest BCUT2D eigenvalue weighted by atomic mass is 35.5. The maximum Gasteiger partial charge on any atom is 0.354 e. The van der Waals surface area contributed by atoms with Gasteiger partial charge in [-0.25, -0.2) is 9.59 Å². The van der Waals surface area contributed by atoms with Gasteiger partial charge in [-0.1, -0.05) is 29.8 Å². The van der Waals surface area contributed by atoms with Crippen molar-refractivity contribution in [3.8, 4) is 5.69 Å². The Labute approximate surface area is 154 Å². The number of carboxylic acid groups (broad SMARTS) is 1. The highest BCUT2D eigenvalue weighted by Crippen LogP contribution is 2.31. The molecule has 2 aromatic carbocycles. The first-order chi connectivity index (χ1) is 12.6. The van der Waals surface area contributed by atoms with Crippen LogP contribution in [-0.4, -0.2) is 33.2 Å². The molecule has 1 saturated heterocycles. The molecule has 4 rings (SSSR count). The summed E-state index contributed by atoms with van der Waals surface area (Å²) in [5, 5.41) is 10.7. The van der Waals surface area contributed by atoms with E-state index in [-0.39, 0.29) is 0 Å². The molecule has 0 radical (unpaired) electrons. The lowest BCUT2D eigenvalue weighted by Gasteiger charge is -2.24. The summed E-state index contributed by atoms with van der Waals surface area (Å²) in [5.41, 5.74) is 0.826. The van der Waals surface area contributed by atoms with Crippen LogP contribution in [0.2, 0.25) is 5.02 Å². The molecule has 26 heavy (non-hydrogen) atoms. The summed E-state index contributed by atoms with van der Waals surface area (Å²) in [4.78, 5) is 30.4. The molecule has 7 heteroatoms. The zero-order chi connectivity index (χ0) is 18.3. The average Bonchev–Trinajstić information content (AvgIpc) is 3.11. The zero-order valence-corrected chi connectivity index (χ0v) is 14.6. The predicted octanol–water partition coefficient (Wildman–Crippen LogP) is 3.09. The molecular weight excluding hydrogens is 354 g/mol. The Bertz CT molecular complexity index is 1050. The topological polar surface area (TPSA) is 75.4 Å². The van der Waals surface area contributed by atoms with Gasteiger partial charge in [-0.2, -0.15) is 4.98 Å². The summed E-state index contributed by atoms with van der Waals surface area (Å²) in [7, 11) is 0. The van der Waals surface area contributed by atoms with Crippen molar-refractivity contribution >= 4 is 34.3 Å². The minimum Gasteiger partial charge on any atom is -0.480 e. The van der Waals surface area contributed by atoms with Crippen LogP contribution in [0.1, 0.15) is 12.8 Å². The number of aromatic nitrogens is 2. The van der Waals surface area contributed by atoms with Gasteiger partial charge >= 0.3 is 11.7 Å². The number of fused-ring (bicyclic) bond motifs is 1. The van der Waals surface area contributed by atoms with Crippen molar-refractivity contribution in [3.05, 3.63) is 64.0 Å². The molecule has 1 aromatic heterocycles. The van der Waals surface area contributed by atoms with Crippen LogP contribution in [0.3, 0.4) is 0 Å². The number of rotatable bonds is 3. The van der Waals surface area contributed by atoms with E-state index in [0.717, 1.165) is 6.42 Å². The first-order valence-corrected chi connectivity index (χ1v) is 8.71. The number of carbonyl (C=O) groups is 1. The summed E-state index contributed by atoms with van der Waals surface area (Å²) >= 11 is 6.18. The predicted molar refractivity (Wildman–Crippen MR) is 100 cm³/mol. The van der Waals surface area contributed by atoms with Gasteiger partial charge in [-0.3, -0.25) is 4.57 Å². The van der Waals surface area contributed by atoms with Gasteiger partial charge in [0.2, 0.25) is 0 Å². The smallest absolute Gasteiger partial charge is 0.354 e. The number of anilines is 1. The van der Waals surface area contributed by atoms with Crippen molar-refractivity contribution in [2.45, 2.75) is 18.9 Å². The Morgan fingerprint density at radius 3 is 2.69 bits per heavy atom. The standard InChI is InChI=1S/C19H16ClN3O3/c20-12-8-9-14-16(11-12)23(13-5-2-1-3-6-13)19(26)21-17(14)22-10-4-7-15(22)18(24)25/h1-3,5-6,8-9,11,15H,4,7,10H2,(H,24,25)/t15-/m0/s1. The fraction of sp³-hybridized carbons (Fsp3) is 0.211. The Morgan fingerprint density at radius 1 is 1.19 bits per heavy atom. The number of hydrogen-bond acceptors (Lipinski definition) is 4. The maximum absolute atomic E-state index is 12.8. The average molecular weight is 370 g/mol. The van der Waals surface area contributed by atoms with E-state index < -0.39 is 17.7 Å². The molecule has 1 atom stereocenters. The number of benzene rings is 2. The number of carboxylic acids is 1. The van der Waals surface area contributed by atoms with Gasteiger partial charge in [-0.05, 0) is 43.2 Å². The molecule has 1 aliphatic heterocycles. The van der Waals surface area contributed by atoms with Crippen LogP contribution in [0.15, 0.2) is 53.3 Å². The Balaban J connectivity index is 2.01. The lowest BCUT2D eigenvalue weighted by atomic mass is 10.2. The molecule has 0 unspecified atom stereocenters. The number of aliphatic carboxylic acids is 1. The van der Waals surface area contributed by atoms with Crippen LogP contribution in [0.5, 0.6) is 0 Å². The molecule has 0 spiro atoms. The monoisotopic (exact) mass is 369 g/mol. The number of para-hydroxylation sites is 1. The van der Waals surface area contributed by atoms with Gasteiger partial charge in [0, 0.05) is 17.0 Å². The summed E-state index contributed by atoms with van der Waals surface area (Å²) < 4.78 is 1.50. The van der Waals surface area contributed by atoms with Gasteiger partial charge in [0.1, 0.15) is 11.9 Å². The van der Waals surface area contributed by atoms with E-state index >= 15 is 0 Å². The van der Waals surface area contributed by atoms with Crippen molar-refractivity contribution in [2.75, 3.05) is 11.4 Å². The Hall–Kier alpha value is -2.86. The number of nitrogens with zero attached hydrogens (tertiary/aromatic N) is 3. The van der Waals surface area contributed by atoms with E-state index in [1.807, 2.05) is 30.3 Å². The minimum atomic E-state index is -0.904. The second-order valence-corrected chi connectivity index (χ2v) is 6.68. The normalized spacial score (nSPS) is 17.0. The molecule has 6 nitrogen and oxygen atoms in total. The molecule has 0 bridgehead atoms. The van der Waals surface area contributed by atoms with Crippen LogP contribution < -0.4 is 10.6 Å². The SMILES string of the molecule is O=C(O)[C@@H]1CCCN1c1nc(=O)n(-c2ccccc2)c2cc(Cl)ccc12. The Morgan fingerprint density at radius 2 is 1.96 bits per heavy atom. The Kier molecular flexibility index (Phi) is 4.12. The van der Waals surface area contributed by atoms with E-state index in [1.54, 1.807) is 23.1 Å². The molecule has 1 N–H and O–H groups in total. The first-order valence-electron chi connectivity index (χ1n) is 8.33. The van der Waals surface area contributed by atoms with Crippen LogP contribution in [0.4, 0.5) is 5.82 Å². The van der Waals surface area contributed by atoms with Crippen molar-refractivity contribution in [2.24, 2.45) is 0 Å². The second-order valence-electron chi connectivity index (χ2n) is 6.24. The highest BCUT2D eigenvalue weighted by molar-refractivity contribution is 6.31. The third kappa shape index (κ3) is 2.72. The van der Waals surface area contributed by atoms with Crippen molar-refractivity contribution < 1.29 is 9.90 Å². The first kappa shape index (κ1) is 16.6. The van der Waals surface area contributed by atoms with Gasteiger partial charge in [0.25, 0.3) is 0 Å². The fourth-order valence-electron chi connectivity index (χ4n) is 3.51. The quantitative estimate of drug-likeness (QED) is 0.767. The minimum absolute atomic E-state index is 0.402. The zero-order valence-electron chi connectivity index (χ0n) is 13.8. The molecule has 2 heterocycles. The highest BCUT2D eigenvalue weighted by Gasteiger charge is 2.33. The summed E-state index contributed by atoms with van der Waals surface area (Å²) in [6.07, 6.45) is 1.28. The number of hydrogen-bond donors (Lipinski definition) is 1. The third-order valence-corrected chi connectivity index (χ3v) is 4.89. The molecule has 0 saturated carbocycles. The summed E-state index contributed by atoms with van der Waals surface area (Å²) in [6.45, 7) is 0.552. The fourth-order valence-corrected chi connectivity index (χ4v) is 3.67. The van der Waals surface area contributed by atoms with Crippen LogP contribution >= 0.6 is 11.6 Å². The van der Waals surface area contributed by atoms with Crippen molar-refractivity contribution in [3.63, 3.8) is 0 Å². The van der Waals surface area contributed by atoms with E-state index in [1.165, 1.54) is 4.57 Å². The molecule has 0 amide bonds.